The monoisotopic (exact) mass is 296 g/mol. The Morgan fingerprint density at radius 3 is 2.16 bits per heavy atom. The summed E-state index contributed by atoms with van der Waals surface area (Å²) >= 11 is 0. The fourth-order valence-electron chi connectivity index (χ4n) is 1.90. The van der Waals surface area contributed by atoms with Gasteiger partial charge in [-0.25, -0.2) is 8.42 Å². The molecule has 0 saturated carbocycles. The van der Waals surface area contributed by atoms with E-state index in [1.54, 1.807) is 18.2 Å². The predicted molar refractivity (Wildman–Crippen MR) is 78.5 cm³/mol. The van der Waals surface area contributed by atoms with Gasteiger partial charge in [-0.15, -0.1) is 0 Å². The molecule has 0 aliphatic heterocycles. The van der Waals surface area contributed by atoms with Crippen LogP contribution in [0.3, 0.4) is 0 Å². The molecule has 4 nitrogen and oxygen atoms in total. The first kappa shape index (κ1) is 13.7. The Labute approximate surface area is 116 Å². The second-order valence-electron chi connectivity index (χ2n) is 4.26. The molecule has 0 heterocycles. The fourth-order valence-corrected chi connectivity index (χ4v) is 2.90. The van der Waals surface area contributed by atoms with Crippen LogP contribution in [0.25, 0.3) is 11.1 Å². The standard InChI is InChI=1S/C13H13ClN2O2S/c1-8-6-12(16)13(19(14,17)18)7-11(8)9-2-4-10(15)5-3-9/h2-7H,15-16H2,1H3. The molecule has 0 aromatic heterocycles. The molecule has 0 amide bonds. The number of hydrogen-bond acceptors (Lipinski definition) is 4. The van der Waals surface area contributed by atoms with Crippen molar-refractivity contribution in [3.63, 3.8) is 0 Å². The molecular weight excluding hydrogens is 284 g/mol. The summed E-state index contributed by atoms with van der Waals surface area (Å²) in [5, 5.41) is 0. The van der Waals surface area contributed by atoms with Crippen LogP contribution in [0.2, 0.25) is 0 Å². The highest BCUT2D eigenvalue weighted by Crippen LogP contribution is 2.32. The molecule has 0 saturated heterocycles. The second-order valence-corrected chi connectivity index (χ2v) is 6.80. The van der Waals surface area contributed by atoms with Gasteiger partial charge in [-0.3, -0.25) is 0 Å². The fraction of sp³-hybridized carbons (Fsp3) is 0.0769. The molecule has 0 spiro atoms. The molecule has 100 valence electrons. The van der Waals surface area contributed by atoms with Crippen LogP contribution in [0.15, 0.2) is 41.3 Å². The molecule has 0 aliphatic rings. The number of anilines is 2. The number of rotatable bonds is 2. The van der Waals surface area contributed by atoms with Gasteiger partial charge in [-0.2, -0.15) is 0 Å². The number of nitrogens with two attached hydrogens (primary N) is 2. The largest absolute Gasteiger partial charge is 0.399 e. The van der Waals surface area contributed by atoms with Crippen molar-refractivity contribution in [2.24, 2.45) is 0 Å². The van der Waals surface area contributed by atoms with Crippen molar-refractivity contribution >= 4 is 31.1 Å². The van der Waals surface area contributed by atoms with Crippen molar-refractivity contribution < 1.29 is 8.42 Å². The highest BCUT2D eigenvalue weighted by molar-refractivity contribution is 8.13. The minimum Gasteiger partial charge on any atom is -0.399 e. The van der Waals surface area contributed by atoms with E-state index in [0.29, 0.717) is 5.69 Å². The van der Waals surface area contributed by atoms with Crippen molar-refractivity contribution in [3.05, 3.63) is 42.0 Å². The van der Waals surface area contributed by atoms with Crippen LogP contribution in [0.4, 0.5) is 11.4 Å². The Morgan fingerprint density at radius 2 is 1.63 bits per heavy atom. The van der Waals surface area contributed by atoms with Crippen LogP contribution in [0.5, 0.6) is 0 Å². The van der Waals surface area contributed by atoms with Crippen molar-refractivity contribution in [2.75, 3.05) is 11.5 Å². The highest BCUT2D eigenvalue weighted by Gasteiger charge is 2.17. The number of nitrogen functional groups attached to an aromatic ring is 2. The van der Waals surface area contributed by atoms with Gasteiger partial charge in [0, 0.05) is 16.4 Å². The van der Waals surface area contributed by atoms with Gasteiger partial charge >= 0.3 is 0 Å². The number of aryl methyl sites for hydroxylation is 1. The van der Waals surface area contributed by atoms with Crippen LogP contribution in [0, 0.1) is 6.92 Å². The third kappa shape index (κ3) is 2.83. The van der Waals surface area contributed by atoms with E-state index in [1.165, 1.54) is 6.07 Å². The second kappa shape index (κ2) is 4.75. The minimum absolute atomic E-state index is 0.0772. The highest BCUT2D eigenvalue weighted by atomic mass is 35.7. The molecule has 6 heteroatoms. The third-order valence-corrected chi connectivity index (χ3v) is 4.22. The van der Waals surface area contributed by atoms with Crippen LogP contribution in [0.1, 0.15) is 5.56 Å². The van der Waals surface area contributed by atoms with Gasteiger partial charge in [0.1, 0.15) is 4.90 Å². The summed E-state index contributed by atoms with van der Waals surface area (Å²) in [4.78, 5) is -0.0772. The minimum atomic E-state index is -3.87. The van der Waals surface area contributed by atoms with Crippen LogP contribution in [-0.4, -0.2) is 8.42 Å². The zero-order chi connectivity index (χ0) is 14.2. The van der Waals surface area contributed by atoms with E-state index in [2.05, 4.69) is 0 Å². The summed E-state index contributed by atoms with van der Waals surface area (Å²) in [7, 11) is 1.51. The number of halogens is 1. The molecule has 0 bridgehead atoms. The topological polar surface area (TPSA) is 86.2 Å². The first-order valence-electron chi connectivity index (χ1n) is 5.50. The van der Waals surface area contributed by atoms with E-state index in [1.807, 2.05) is 19.1 Å². The lowest BCUT2D eigenvalue weighted by atomic mass is 10.00. The molecule has 0 aliphatic carbocycles. The zero-order valence-electron chi connectivity index (χ0n) is 10.2. The molecule has 2 aromatic carbocycles. The quantitative estimate of drug-likeness (QED) is 0.659. The molecule has 0 fully saturated rings. The van der Waals surface area contributed by atoms with Crippen molar-refractivity contribution in [1.82, 2.24) is 0 Å². The van der Waals surface area contributed by atoms with Gasteiger partial charge in [-0.05, 0) is 47.9 Å². The van der Waals surface area contributed by atoms with Gasteiger partial charge in [0.15, 0.2) is 0 Å². The number of benzene rings is 2. The van der Waals surface area contributed by atoms with E-state index < -0.39 is 9.05 Å². The molecule has 2 rings (SSSR count). The smallest absolute Gasteiger partial charge is 0.263 e. The Balaban J connectivity index is 2.68. The van der Waals surface area contributed by atoms with E-state index in [-0.39, 0.29) is 10.6 Å². The lowest BCUT2D eigenvalue weighted by Crippen LogP contribution is -2.00. The maximum atomic E-state index is 11.5. The van der Waals surface area contributed by atoms with Crippen molar-refractivity contribution in [1.29, 1.82) is 0 Å². The molecule has 4 N–H and O–H groups in total. The van der Waals surface area contributed by atoms with Gasteiger partial charge < -0.3 is 11.5 Å². The molecule has 0 atom stereocenters. The molecule has 0 unspecified atom stereocenters. The normalized spacial score (nSPS) is 11.5. The Morgan fingerprint density at radius 1 is 1.05 bits per heavy atom. The molecule has 2 aromatic rings. The maximum absolute atomic E-state index is 11.5. The van der Waals surface area contributed by atoms with Gasteiger partial charge in [-0.1, -0.05) is 12.1 Å². The van der Waals surface area contributed by atoms with E-state index in [9.17, 15) is 8.42 Å². The van der Waals surface area contributed by atoms with Crippen LogP contribution >= 0.6 is 10.7 Å². The Kier molecular flexibility index (Phi) is 3.43. The summed E-state index contributed by atoms with van der Waals surface area (Å²) in [5.74, 6) is 0. The van der Waals surface area contributed by atoms with Crippen molar-refractivity contribution in [3.8, 4) is 11.1 Å². The van der Waals surface area contributed by atoms with E-state index in [4.69, 9.17) is 22.1 Å². The first-order chi connectivity index (χ1) is 8.79. The lowest BCUT2D eigenvalue weighted by Gasteiger charge is -2.10. The summed E-state index contributed by atoms with van der Waals surface area (Å²) < 4.78 is 22.9. The summed E-state index contributed by atoms with van der Waals surface area (Å²) in [5.41, 5.74) is 14.6. The van der Waals surface area contributed by atoms with E-state index in [0.717, 1.165) is 16.7 Å². The van der Waals surface area contributed by atoms with Crippen molar-refractivity contribution in [2.45, 2.75) is 11.8 Å². The number of hydrogen-bond donors (Lipinski definition) is 2. The van der Waals surface area contributed by atoms with E-state index >= 15 is 0 Å². The average Bonchev–Trinajstić information content (AvgIpc) is 2.29. The zero-order valence-corrected chi connectivity index (χ0v) is 11.8. The Bertz CT molecular complexity index is 725. The molecule has 19 heavy (non-hydrogen) atoms. The van der Waals surface area contributed by atoms with Crippen LogP contribution < -0.4 is 11.5 Å². The molecular formula is C13H13ClN2O2S. The molecule has 0 radical (unpaired) electrons. The summed E-state index contributed by atoms with van der Waals surface area (Å²) in [6.45, 7) is 1.85. The predicted octanol–water partition coefficient (Wildman–Crippen LogP) is 2.75. The van der Waals surface area contributed by atoms with Gasteiger partial charge in [0.05, 0.1) is 5.69 Å². The third-order valence-electron chi connectivity index (χ3n) is 2.84. The Hall–Kier alpha value is -1.72. The lowest BCUT2D eigenvalue weighted by molar-refractivity contribution is 0.610. The average molecular weight is 297 g/mol. The maximum Gasteiger partial charge on any atom is 0.263 e. The van der Waals surface area contributed by atoms with Crippen LogP contribution in [-0.2, 0) is 9.05 Å². The summed E-state index contributed by atoms with van der Waals surface area (Å²) in [6.07, 6.45) is 0. The van der Waals surface area contributed by atoms with Gasteiger partial charge in [0.25, 0.3) is 9.05 Å². The first-order valence-corrected chi connectivity index (χ1v) is 7.80. The summed E-state index contributed by atoms with van der Waals surface area (Å²) in [6, 6.07) is 10.2. The SMILES string of the molecule is Cc1cc(N)c(S(=O)(=O)Cl)cc1-c1ccc(N)cc1. The van der Waals surface area contributed by atoms with Gasteiger partial charge in [0.2, 0.25) is 0 Å².